The molecule has 0 saturated carbocycles. The van der Waals surface area contributed by atoms with Crippen LogP contribution in [0.15, 0.2) is 48.7 Å². The van der Waals surface area contributed by atoms with Crippen molar-refractivity contribution in [3.63, 3.8) is 0 Å². The number of alkyl halides is 1. The van der Waals surface area contributed by atoms with E-state index in [1.807, 2.05) is 18.2 Å². The van der Waals surface area contributed by atoms with Gasteiger partial charge in [0.25, 0.3) is 0 Å². The minimum Gasteiger partial charge on any atom is -0.331 e. The number of rotatable bonds is 9. The molecule has 2 N–H and O–H groups in total. The van der Waals surface area contributed by atoms with Gasteiger partial charge in [0.2, 0.25) is 5.91 Å². The van der Waals surface area contributed by atoms with Gasteiger partial charge >= 0.3 is 0 Å². The maximum atomic E-state index is 13.3. The van der Waals surface area contributed by atoms with E-state index in [2.05, 4.69) is 48.9 Å². The van der Waals surface area contributed by atoms with Gasteiger partial charge in [-0.05, 0) is 103 Å². The van der Waals surface area contributed by atoms with Crippen molar-refractivity contribution >= 4 is 51.0 Å². The molecule has 1 amide bonds. The van der Waals surface area contributed by atoms with E-state index in [-0.39, 0.29) is 15.9 Å². The first-order chi connectivity index (χ1) is 15.0. The van der Waals surface area contributed by atoms with E-state index >= 15 is 0 Å². The number of nitrogens with zero attached hydrogens (tertiary/aromatic N) is 2. The highest BCUT2D eigenvalue weighted by Crippen LogP contribution is 2.28. The zero-order valence-corrected chi connectivity index (χ0v) is 20.0. The van der Waals surface area contributed by atoms with Gasteiger partial charge in [0.1, 0.15) is 9.99 Å². The summed E-state index contributed by atoms with van der Waals surface area (Å²) in [5.41, 5.74) is 3.24. The number of nitrogens with one attached hydrogen (secondary N) is 2. The molecular formula is C23H25ClFIN4O. The first-order valence-corrected chi connectivity index (χ1v) is 12.1. The number of aromatic nitrogens is 1. The largest absolute Gasteiger partial charge is 0.331 e. The molecule has 1 atom stereocenters. The molecule has 0 spiro atoms. The summed E-state index contributed by atoms with van der Waals surface area (Å²) >= 11 is 8.51. The van der Waals surface area contributed by atoms with Crippen LogP contribution < -0.4 is 10.6 Å². The van der Waals surface area contributed by atoms with Gasteiger partial charge in [0.15, 0.2) is 0 Å². The molecule has 1 aliphatic rings. The standard InChI is InChI=1S/C23H25ClFIN4O/c24-17-4-9-21-20(13-17)16(14-30(21)19-7-5-18(25)6-8-19)3-1-10-27-11-2-12-29-15-22(31)28-23(29)26/h4-9,13-14,23,27H,1-3,10-12,15H2,(H,28,31). The zero-order valence-electron chi connectivity index (χ0n) is 17.1. The van der Waals surface area contributed by atoms with E-state index in [0.29, 0.717) is 11.6 Å². The Morgan fingerprint density at radius 2 is 1.94 bits per heavy atom. The van der Waals surface area contributed by atoms with Crippen molar-refractivity contribution in [3.05, 3.63) is 65.1 Å². The lowest BCUT2D eigenvalue weighted by Crippen LogP contribution is -2.32. The lowest BCUT2D eigenvalue weighted by atomic mass is 10.1. The molecule has 1 unspecified atom stereocenters. The Balaban J connectivity index is 1.32. The fourth-order valence-corrected chi connectivity index (χ4v) is 4.94. The normalized spacial score (nSPS) is 16.9. The van der Waals surface area contributed by atoms with Gasteiger partial charge in [-0.15, -0.1) is 0 Å². The zero-order chi connectivity index (χ0) is 21.8. The van der Waals surface area contributed by atoms with Gasteiger partial charge in [-0.25, -0.2) is 4.39 Å². The summed E-state index contributed by atoms with van der Waals surface area (Å²) in [4.78, 5) is 13.5. The highest BCUT2D eigenvalue weighted by molar-refractivity contribution is 14.1. The SMILES string of the molecule is O=C1CN(CCCNCCCc2cn(-c3ccc(F)cc3)c3ccc(Cl)cc23)C(I)N1. The molecule has 1 fully saturated rings. The summed E-state index contributed by atoms with van der Waals surface area (Å²) < 4.78 is 15.5. The van der Waals surface area contributed by atoms with E-state index < -0.39 is 0 Å². The molecule has 1 saturated heterocycles. The molecule has 0 radical (unpaired) electrons. The van der Waals surface area contributed by atoms with E-state index in [1.165, 1.54) is 17.7 Å². The lowest BCUT2D eigenvalue weighted by molar-refractivity contribution is -0.118. The van der Waals surface area contributed by atoms with E-state index in [4.69, 9.17) is 11.6 Å². The van der Waals surface area contributed by atoms with Crippen LogP contribution in [0.2, 0.25) is 5.02 Å². The van der Waals surface area contributed by atoms with Crippen molar-refractivity contribution in [2.75, 3.05) is 26.2 Å². The van der Waals surface area contributed by atoms with Gasteiger partial charge in [-0.1, -0.05) is 11.6 Å². The molecule has 2 heterocycles. The number of aryl methyl sites for hydroxylation is 1. The number of halogens is 3. The third-order valence-corrected chi connectivity index (χ3v) is 6.83. The minimum absolute atomic E-state index is 0.104. The molecule has 0 aliphatic carbocycles. The number of hydrogen-bond acceptors (Lipinski definition) is 3. The molecular weight excluding hydrogens is 530 g/mol. The van der Waals surface area contributed by atoms with Crippen molar-refractivity contribution in [1.82, 2.24) is 20.1 Å². The van der Waals surface area contributed by atoms with Crippen molar-refractivity contribution in [2.24, 2.45) is 0 Å². The Bertz CT molecular complexity index is 1060. The van der Waals surface area contributed by atoms with Crippen LogP contribution in [0.3, 0.4) is 0 Å². The van der Waals surface area contributed by atoms with Crippen LogP contribution >= 0.6 is 34.2 Å². The van der Waals surface area contributed by atoms with Crippen molar-refractivity contribution in [1.29, 1.82) is 0 Å². The Kier molecular flexibility index (Phi) is 7.47. The van der Waals surface area contributed by atoms with Crippen LogP contribution in [0.4, 0.5) is 4.39 Å². The van der Waals surface area contributed by atoms with Gasteiger partial charge in [-0.3, -0.25) is 9.69 Å². The molecule has 3 aromatic rings. The third-order valence-electron chi connectivity index (χ3n) is 5.50. The maximum absolute atomic E-state index is 13.3. The molecule has 4 rings (SSSR count). The molecule has 164 valence electrons. The van der Waals surface area contributed by atoms with Crippen LogP contribution in [0.25, 0.3) is 16.6 Å². The van der Waals surface area contributed by atoms with Gasteiger partial charge in [0.05, 0.1) is 12.1 Å². The average Bonchev–Trinajstić information content (AvgIpc) is 3.26. The highest BCUT2D eigenvalue weighted by atomic mass is 127. The van der Waals surface area contributed by atoms with Crippen LogP contribution in [-0.4, -0.2) is 45.7 Å². The third kappa shape index (κ3) is 5.58. The summed E-state index contributed by atoms with van der Waals surface area (Å²) in [5, 5.41) is 8.26. The number of benzene rings is 2. The molecule has 0 bridgehead atoms. The van der Waals surface area contributed by atoms with E-state index in [9.17, 15) is 9.18 Å². The second-order valence-electron chi connectivity index (χ2n) is 7.74. The van der Waals surface area contributed by atoms with Crippen LogP contribution in [-0.2, 0) is 11.2 Å². The number of carbonyl (C=O) groups excluding carboxylic acids is 1. The molecule has 5 nitrogen and oxygen atoms in total. The first-order valence-electron chi connectivity index (χ1n) is 10.4. The van der Waals surface area contributed by atoms with Crippen molar-refractivity contribution < 1.29 is 9.18 Å². The van der Waals surface area contributed by atoms with Crippen molar-refractivity contribution in [3.8, 4) is 5.69 Å². The van der Waals surface area contributed by atoms with E-state index in [1.54, 1.807) is 12.1 Å². The smallest absolute Gasteiger partial charge is 0.236 e. The fraction of sp³-hybridized carbons (Fsp3) is 0.348. The summed E-state index contributed by atoms with van der Waals surface area (Å²) in [6.07, 6.45) is 5.08. The Morgan fingerprint density at radius 3 is 2.68 bits per heavy atom. The molecule has 1 aromatic heterocycles. The minimum atomic E-state index is -0.240. The van der Waals surface area contributed by atoms with Gasteiger partial charge in [0, 0.05) is 28.8 Å². The quantitative estimate of drug-likeness (QED) is 0.177. The Morgan fingerprint density at radius 1 is 1.16 bits per heavy atom. The first kappa shape index (κ1) is 22.5. The number of fused-ring (bicyclic) bond motifs is 1. The van der Waals surface area contributed by atoms with Crippen LogP contribution in [0.5, 0.6) is 0 Å². The topological polar surface area (TPSA) is 49.3 Å². The fourth-order valence-electron chi connectivity index (χ4n) is 3.95. The lowest BCUT2D eigenvalue weighted by Gasteiger charge is -2.17. The molecule has 8 heteroatoms. The van der Waals surface area contributed by atoms with E-state index in [0.717, 1.165) is 55.5 Å². The summed E-state index contributed by atoms with van der Waals surface area (Å²) in [5.74, 6) is -0.136. The van der Waals surface area contributed by atoms with Crippen LogP contribution in [0, 0.1) is 5.82 Å². The average molecular weight is 555 g/mol. The van der Waals surface area contributed by atoms with Crippen molar-refractivity contribution in [2.45, 2.75) is 23.4 Å². The molecule has 1 aliphatic heterocycles. The summed E-state index contributed by atoms with van der Waals surface area (Å²) in [6.45, 7) is 3.25. The van der Waals surface area contributed by atoms with Gasteiger partial charge in [-0.2, -0.15) is 0 Å². The number of carbonyl (C=O) groups is 1. The predicted molar refractivity (Wildman–Crippen MR) is 132 cm³/mol. The Hall–Kier alpha value is -1.68. The Labute approximate surface area is 200 Å². The summed E-state index contributed by atoms with van der Waals surface area (Å²) in [6, 6.07) is 12.5. The monoisotopic (exact) mass is 554 g/mol. The number of amides is 1. The second kappa shape index (κ2) is 10.3. The maximum Gasteiger partial charge on any atom is 0.236 e. The predicted octanol–water partition coefficient (Wildman–Crippen LogP) is 4.49. The van der Waals surface area contributed by atoms with Crippen LogP contribution in [0.1, 0.15) is 18.4 Å². The number of hydrogen-bond donors (Lipinski definition) is 2. The van der Waals surface area contributed by atoms with Gasteiger partial charge < -0.3 is 15.2 Å². The molecule has 31 heavy (non-hydrogen) atoms. The highest BCUT2D eigenvalue weighted by Gasteiger charge is 2.26. The molecule has 2 aromatic carbocycles. The second-order valence-corrected chi connectivity index (χ2v) is 9.36. The summed E-state index contributed by atoms with van der Waals surface area (Å²) in [7, 11) is 0.